The summed E-state index contributed by atoms with van der Waals surface area (Å²) < 4.78 is 9.89. The maximum atomic E-state index is 12.8. The Balaban J connectivity index is 2.46. The fraction of sp³-hybridized carbons (Fsp3) is 0.667. The van der Waals surface area contributed by atoms with E-state index in [0.717, 1.165) is 18.4 Å². The van der Waals surface area contributed by atoms with Gasteiger partial charge in [0.15, 0.2) is 5.78 Å². The van der Waals surface area contributed by atoms with Crippen molar-refractivity contribution in [2.75, 3.05) is 0 Å². The highest BCUT2D eigenvalue weighted by Crippen LogP contribution is 2.25. The van der Waals surface area contributed by atoms with E-state index < -0.39 is 48.1 Å². The van der Waals surface area contributed by atoms with Crippen LogP contribution in [0.4, 0.5) is 0 Å². The minimum Gasteiger partial charge on any atom is -0.462 e. The second kappa shape index (κ2) is 17.9. The van der Waals surface area contributed by atoms with Crippen molar-refractivity contribution in [1.82, 2.24) is 0 Å². The van der Waals surface area contributed by atoms with Crippen molar-refractivity contribution in [2.24, 2.45) is 23.7 Å². The number of rotatable bonds is 20. The Morgan fingerprint density at radius 1 is 0.952 bits per heavy atom. The number of carbonyl (C=O) groups is 5. The maximum absolute atomic E-state index is 12.8. The average molecular weight is 591 g/mol. The summed E-state index contributed by atoms with van der Waals surface area (Å²) in [4.78, 5) is 60.5. The molecule has 7 unspecified atom stereocenters. The largest absolute Gasteiger partial charge is 0.462 e. The van der Waals surface area contributed by atoms with Gasteiger partial charge in [-0.15, -0.1) is 0 Å². The molecule has 2 N–H and O–H groups in total. The van der Waals surface area contributed by atoms with Crippen LogP contribution < -0.4 is 0 Å². The Kier molecular flexibility index (Phi) is 15.8. The maximum Gasteiger partial charge on any atom is 0.342 e. The molecule has 1 rings (SSSR count). The number of hydrogen-bond acceptors (Lipinski definition) is 9. The van der Waals surface area contributed by atoms with E-state index >= 15 is 0 Å². The van der Waals surface area contributed by atoms with Crippen LogP contribution in [0.25, 0.3) is 0 Å². The number of cyclic esters (lactones) is 2. The second-order valence-corrected chi connectivity index (χ2v) is 11.9. The second-order valence-electron chi connectivity index (χ2n) is 11.9. The third-order valence-electron chi connectivity index (χ3n) is 8.26. The monoisotopic (exact) mass is 590 g/mol. The zero-order valence-corrected chi connectivity index (χ0v) is 26.3. The van der Waals surface area contributed by atoms with E-state index in [-0.39, 0.29) is 53.8 Å². The van der Waals surface area contributed by atoms with Gasteiger partial charge in [0, 0.05) is 42.2 Å². The van der Waals surface area contributed by atoms with Crippen molar-refractivity contribution in [1.29, 1.82) is 0 Å². The lowest BCUT2D eigenvalue weighted by Gasteiger charge is -2.26. The Bertz CT molecular complexity index is 1050. The molecule has 9 nitrogen and oxygen atoms in total. The van der Waals surface area contributed by atoms with E-state index in [1.54, 1.807) is 32.9 Å². The Labute approximate surface area is 250 Å². The Morgan fingerprint density at radius 3 is 2.14 bits per heavy atom. The van der Waals surface area contributed by atoms with Crippen molar-refractivity contribution >= 4 is 29.5 Å². The van der Waals surface area contributed by atoms with Gasteiger partial charge in [-0.05, 0) is 69.4 Å². The molecule has 0 spiro atoms. The van der Waals surface area contributed by atoms with Gasteiger partial charge in [-0.25, -0.2) is 9.59 Å². The number of carbonyl (C=O) groups excluding carboxylic acids is 5. The molecule has 7 atom stereocenters. The molecule has 42 heavy (non-hydrogen) atoms. The molecule has 9 heteroatoms. The summed E-state index contributed by atoms with van der Waals surface area (Å²) in [7, 11) is 0. The average Bonchev–Trinajstić information content (AvgIpc) is 3.17. The highest BCUT2D eigenvalue weighted by molar-refractivity contribution is 6.12. The smallest absolute Gasteiger partial charge is 0.342 e. The number of aliphatic hydroxyl groups is 2. The first-order chi connectivity index (χ1) is 19.6. The van der Waals surface area contributed by atoms with E-state index in [2.05, 4.69) is 18.2 Å². The predicted octanol–water partition coefficient (Wildman–Crippen LogP) is 4.98. The highest BCUT2D eigenvalue weighted by Gasteiger charge is 2.32. The SMILES string of the molecule is C=CC(=CC(=O)CC(C)CC(C)CCC(O)C(C)C(=O)CC(O)C(C)C(C)OC(=O)CCC1=C(C)C(=O)OC1=O)CC. The van der Waals surface area contributed by atoms with Crippen LogP contribution in [0.5, 0.6) is 0 Å². The lowest BCUT2D eigenvalue weighted by atomic mass is 9.85. The Hall–Kier alpha value is -2.91. The molecule has 1 heterocycles. The van der Waals surface area contributed by atoms with E-state index in [1.165, 1.54) is 6.92 Å². The molecule has 0 saturated heterocycles. The molecule has 0 aromatic rings. The number of Topliss-reactive ketones (excluding diaryl/α,β-unsaturated/α-hetero) is 1. The third-order valence-corrected chi connectivity index (χ3v) is 8.26. The number of ketones is 2. The predicted molar refractivity (Wildman–Crippen MR) is 159 cm³/mol. The molecule has 0 radical (unpaired) electrons. The van der Waals surface area contributed by atoms with Crippen LogP contribution in [0.2, 0.25) is 0 Å². The van der Waals surface area contributed by atoms with Gasteiger partial charge in [0.05, 0.1) is 12.2 Å². The standard InChI is InChI=1S/C33H50O9/c1-9-25(10-2)17-26(34)16-20(4)15-19(3)11-13-28(35)23(7)30(37)18-29(36)21(5)24(8)41-31(38)14-12-27-22(6)32(39)42-33(27)40/h9,17,19-21,23-24,28-29,35-36H,1,10-16,18H2,2-8H3. The lowest BCUT2D eigenvalue weighted by molar-refractivity contribution is -0.152. The van der Waals surface area contributed by atoms with Gasteiger partial charge in [-0.2, -0.15) is 0 Å². The van der Waals surface area contributed by atoms with Gasteiger partial charge in [0.2, 0.25) is 0 Å². The molecular formula is C33H50O9. The van der Waals surface area contributed by atoms with Gasteiger partial charge in [0.1, 0.15) is 11.9 Å². The van der Waals surface area contributed by atoms with Crippen molar-refractivity contribution < 1.29 is 43.7 Å². The summed E-state index contributed by atoms with van der Waals surface area (Å²) in [6.45, 7) is 16.2. The number of allylic oxidation sites excluding steroid dienone is 3. The topological polar surface area (TPSA) is 144 Å². The summed E-state index contributed by atoms with van der Waals surface area (Å²) in [5, 5.41) is 21.3. The number of aliphatic hydroxyl groups excluding tert-OH is 2. The van der Waals surface area contributed by atoms with E-state index in [9.17, 15) is 34.2 Å². The summed E-state index contributed by atoms with van der Waals surface area (Å²) in [5.74, 6) is -3.03. The molecule has 0 aliphatic carbocycles. The number of ether oxygens (including phenoxy) is 2. The van der Waals surface area contributed by atoms with Gasteiger partial charge in [-0.1, -0.05) is 47.3 Å². The van der Waals surface area contributed by atoms with Crippen LogP contribution >= 0.6 is 0 Å². The molecule has 1 aliphatic heterocycles. The van der Waals surface area contributed by atoms with Crippen LogP contribution in [-0.4, -0.2) is 58.0 Å². The molecule has 0 bridgehead atoms. The zero-order chi connectivity index (χ0) is 32.1. The minimum absolute atomic E-state index is 0.00924. The normalized spacial score (nSPS) is 18.9. The van der Waals surface area contributed by atoms with Gasteiger partial charge < -0.3 is 19.7 Å². The highest BCUT2D eigenvalue weighted by atomic mass is 16.6. The van der Waals surface area contributed by atoms with Gasteiger partial charge in [-0.3, -0.25) is 14.4 Å². The van der Waals surface area contributed by atoms with E-state index in [1.807, 2.05) is 13.8 Å². The molecular weight excluding hydrogens is 540 g/mol. The van der Waals surface area contributed by atoms with Crippen LogP contribution in [0, 0.1) is 23.7 Å². The fourth-order valence-corrected chi connectivity index (χ4v) is 5.00. The van der Waals surface area contributed by atoms with Crippen LogP contribution in [0.3, 0.4) is 0 Å². The van der Waals surface area contributed by atoms with Crippen molar-refractivity contribution in [3.8, 4) is 0 Å². The zero-order valence-electron chi connectivity index (χ0n) is 26.3. The molecule has 0 saturated carbocycles. The van der Waals surface area contributed by atoms with Crippen molar-refractivity contribution in [3.05, 3.63) is 35.5 Å². The first-order valence-electron chi connectivity index (χ1n) is 15.0. The van der Waals surface area contributed by atoms with Crippen LogP contribution in [0.15, 0.2) is 35.5 Å². The number of esters is 3. The first kappa shape index (κ1) is 37.1. The minimum atomic E-state index is -1.08. The van der Waals surface area contributed by atoms with Crippen LogP contribution in [-0.2, 0) is 33.4 Å². The summed E-state index contributed by atoms with van der Waals surface area (Å²) in [6, 6.07) is 0. The summed E-state index contributed by atoms with van der Waals surface area (Å²) >= 11 is 0. The molecule has 0 amide bonds. The molecule has 236 valence electrons. The van der Waals surface area contributed by atoms with Crippen molar-refractivity contribution in [2.45, 2.75) is 118 Å². The fourth-order valence-electron chi connectivity index (χ4n) is 5.00. The van der Waals surface area contributed by atoms with E-state index in [0.29, 0.717) is 19.3 Å². The van der Waals surface area contributed by atoms with Crippen LogP contribution in [0.1, 0.15) is 99.8 Å². The van der Waals surface area contributed by atoms with Gasteiger partial charge in [0.25, 0.3) is 0 Å². The third kappa shape index (κ3) is 12.1. The summed E-state index contributed by atoms with van der Waals surface area (Å²) in [5.41, 5.74) is 1.25. The molecule has 1 aliphatic rings. The molecule has 0 aromatic heterocycles. The van der Waals surface area contributed by atoms with E-state index in [4.69, 9.17) is 4.74 Å². The first-order valence-corrected chi connectivity index (χ1v) is 15.0. The number of hydrogen-bond donors (Lipinski definition) is 2. The quantitative estimate of drug-likeness (QED) is 0.0868. The molecule has 0 aromatic carbocycles. The Morgan fingerprint density at radius 2 is 1.60 bits per heavy atom. The summed E-state index contributed by atoms with van der Waals surface area (Å²) in [6.07, 6.45) is 3.59. The van der Waals surface area contributed by atoms with Crippen molar-refractivity contribution in [3.63, 3.8) is 0 Å². The van der Waals surface area contributed by atoms with Gasteiger partial charge >= 0.3 is 17.9 Å². The molecule has 0 fully saturated rings. The lowest BCUT2D eigenvalue weighted by Crippen LogP contribution is -2.35.